The van der Waals surface area contributed by atoms with Crippen LogP contribution in [-0.4, -0.2) is 33.3 Å². The second-order valence-electron chi connectivity index (χ2n) is 4.11. The van der Waals surface area contributed by atoms with Gasteiger partial charge in [-0.05, 0) is 47.5 Å². The molecule has 2 atom stereocenters. The number of amides is 1. The topological polar surface area (TPSA) is 66.4 Å². The number of hydrogen-bond acceptors (Lipinski definition) is 3. The zero-order chi connectivity index (χ0) is 13.7. The van der Waals surface area contributed by atoms with Gasteiger partial charge in [-0.2, -0.15) is 0 Å². The van der Waals surface area contributed by atoms with Crippen LogP contribution in [0.3, 0.4) is 0 Å². The Morgan fingerprint density at radius 1 is 1.56 bits per heavy atom. The fraction of sp³-hybridized carbons (Fsp3) is 0.417. The van der Waals surface area contributed by atoms with E-state index in [0.29, 0.717) is 22.2 Å². The molecule has 0 heterocycles. The van der Waals surface area contributed by atoms with E-state index in [-0.39, 0.29) is 17.7 Å². The predicted octanol–water partition coefficient (Wildman–Crippen LogP) is 2.04. The molecule has 1 aromatic carbocycles. The molecule has 4 nitrogen and oxygen atoms in total. The van der Waals surface area contributed by atoms with Crippen molar-refractivity contribution in [3.8, 4) is 5.75 Å². The minimum Gasteiger partial charge on any atom is -0.507 e. The number of benzene rings is 1. The van der Waals surface area contributed by atoms with Crippen LogP contribution in [0.15, 0.2) is 22.7 Å². The van der Waals surface area contributed by atoms with E-state index in [2.05, 4.69) is 21.2 Å². The van der Waals surface area contributed by atoms with Crippen LogP contribution >= 0.6 is 15.9 Å². The molecule has 0 aliphatic rings. The number of carbonyl (C=O) groups is 1. The Morgan fingerprint density at radius 3 is 2.78 bits per heavy atom. The zero-order valence-corrected chi connectivity index (χ0v) is 12.7. The van der Waals surface area contributed by atoms with Gasteiger partial charge in [-0.1, -0.05) is 0 Å². The molecule has 2 unspecified atom stereocenters. The van der Waals surface area contributed by atoms with Gasteiger partial charge >= 0.3 is 0 Å². The van der Waals surface area contributed by atoms with Crippen molar-refractivity contribution >= 4 is 32.6 Å². The lowest BCUT2D eigenvalue weighted by atomic mass is 10.2. The standard InChI is InChI=1S/C12H16BrNO3S/c1-8(5-6-18(2)17)14-12(16)9-3-4-10(13)11(15)7-9/h3-4,7-8,15H,5-6H2,1-2H3,(H,14,16). The first-order chi connectivity index (χ1) is 8.40. The van der Waals surface area contributed by atoms with Crippen molar-refractivity contribution in [1.29, 1.82) is 0 Å². The van der Waals surface area contributed by atoms with Gasteiger partial charge in [-0.3, -0.25) is 9.00 Å². The summed E-state index contributed by atoms with van der Waals surface area (Å²) >= 11 is 3.15. The molecule has 0 spiro atoms. The fourth-order valence-corrected chi connectivity index (χ4v) is 2.31. The van der Waals surface area contributed by atoms with Gasteiger partial charge in [0.15, 0.2) is 0 Å². The van der Waals surface area contributed by atoms with Gasteiger partial charge in [0.1, 0.15) is 5.75 Å². The number of phenols is 1. The predicted molar refractivity (Wildman–Crippen MR) is 76.3 cm³/mol. The Hall–Kier alpha value is -0.880. The summed E-state index contributed by atoms with van der Waals surface area (Å²) < 4.78 is 11.5. The van der Waals surface area contributed by atoms with Crippen LogP contribution in [0.25, 0.3) is 0 Å². The Kier molecular flexibility index (Phi) is 5.81. The van der Waals surface area contributed by atoms with E-state index >= 15 is 0 Å². The number of nitrogens with one attached hydrogen (secondary N) is 1. The molecular weight excluding hydrogens is 318 g/mol. The molecule has 0 saturated heterocycles. The van der Waals surface area contributed by atoms with Gasteiger partial charge in [0, 0.05) is 34.4 Å². The van der Waals surface area contributed by atoms with Crippen molar-refractivity contribution in [2.75, 3.05) is 12.0 Å². The average Bonchev–Trinajstić information content (AvgIpc) is 2.30. The molecule has 0 saturated carbocycles. The zero-order valence-electron chi connectivity index (χ0n) is 10.3. The van der Waals surface area contributed by atoms with E-state index in [1.165, 1.54) is 6.07 Å². The summed E-state index contributed by atoms with van der Waals surface area (Å²) in [4.78, 5) is 11.8. The van der Waals surface area contributed by atoms with Crippen LogP contribution in [-0.2, 0) is 10.8 Å². The normalized spacial score (nSPS) is 13.9. The molecule has 100 valence electrons. The first-order valence-corrected chi connectivity index (χ1v) is 8.01. The summed E-state index contributed by atoms with van der Waals surface area (Å²) in [6.45, 7) is 1.86. The monoisotopic (exact) mass is 333 g/mol. The maximum Gasteiger partial charge on any atom is 0.251 e. The lowest BCUT2D eigenvalue weighted by Crippen LogP contribution is -2.33. The maximum absolute atomic E-state index is 11.8. The first-order valence-electron chi connectivity index (χ1n) is 5.49. The molecule has 0 fully saturated rings. The summed E-state index contributed by atoms with van der Waals surface area (Å²) in [5, 5.41) is 12.3. The Morgan fingerprint density at radius 2 is 2.22 bits per heavy atom. The number of hydrogen-bond donors (Lipinski definition) is 2. The lowest BCUT2D eigenvalue weighted by Gasteiger charge is -2.13. The summed E-state index contributed by atoms with van der Waals surface area (Å²) in [7, 11) is -0.850. The van der Waals surface area contributed by atoms with E-state index in [9.17, 15) is 14.1 Å². The van der Waals surface area contributed by atoms with E-state index in [4.69, 9.17) is 0 Å². The van der Waals surface area contributed by atoms with Crippen molar-refractivity contribution in [2.24, 2.45) is 0 Å². The maximum atomic E-state index is 11.8. The minimum absolute atomic E-state index is 0.0324. The quantitative estimate of drug-likeness (QED) is 0.866. The third-order valence-corrected chi connectivity index (χ3v) is 3.91. The molecule has 1 aromatic rings. The molecule has 0 radical (unpaired) electrons. The molecule has 0 aliphatic heterocycles. The SMILES string of the molecule is CC(CCS(C)=O)NC(=O)c1ccc(Br)c(O)c1. The second kappa shape index (κ2) is 6.89. The number of phenolic OH excluding ortho intramolecular Hbond substituents is 1. The third-order valence-electron chi connectivity index (χ3n) is 2.42. The number of carbonyl (C=O) groups excluding carboxylic acids is 1. The Balaban J connectivity index is 2.59. The van der Waals surface area contributed by atoms with Crippen LogP contribution in [0.1, 0.15) is 23.7 Å². The van der Waals surface area contributed by atoms with Gasteiger partial charge in [-0.15, -0.1) is 0 Å². The highest BCUT2D eigenvalue weighted by molar-refractivity contribution is 9.10. The van der Waals surface area contributed by atoms with Crippen molar-refractivity contribution in [3.05, 3.63) is 28.2 Å². The fourth-order valence-electron chi connectivity index (χ4n) is 1.38. The van der Waals surface area contributed by atoms with E-state index < -0.39 is 10.8 Å². The van der Waals surface area contributed by atoms with Crippen molar-refractivity contribution < 1.29 is 14.1 Å². The average molecular weight is 334 g/mol. The van der Waals surface area contributed by atoms with Gasteiger partial charge in [0.25, 0.3) is 5.91 Å². The van der Waals surface area contributed by atoms with Crippen LogP contribution in [0.5, 0.6) is 5.75 Å². The van der Waals surface area contributed by atoms with E-state index in [0.717, 1.165) is 0 Å². The number of aromatic hydroxyl groups is 1. The molecule has 1 amide bonds. The van der Waals surface area contributed by atoms with Gasteiger partial charge < -0.3 is 10.4 Å². The van der Waals surface area contributed by atoms with Gasteiger partial charge in [0.2, 0.25) is 0 Å². The highest BCUT2D eigenvalue weighted by Crippen LogP contribution is 2.24. The number of rotatable bonds is 5. The smallest absolute Gasteiger partial charge is 0.251 e. The first kappa shape index (κ1) is 15.2. The van der Waals surface area contributed by atoms with Crippen LogP contribution in [0, 0.1) is 0 Å². The summed E-state index contributed by atoms with van der Waals surface area (Å²) in [6.07, 6.45) is 2.30. The molecule has 6 heteroatoms. The van der Waals surface area contributed by atoms with Crippen LogP contribution in [0.2, 0.25) is 0 Å². The Labute approximate surface area is 117 Å². The van der Waals surface area contributed by atoms with Crippen LogP contribution < -0.4 is 5.32 Å². The molecule has 1 rings (SSSR count). The molecular formula is C12H16BrNO3S. The van der Waals surface area contributed by atoms with Crippen molar-refractivity contribution in [3.63, 3.8) is 0 Å². The molecule has 0 aromatic heterocycles. The second-order valence-corrected chi connectivity index (χ2v) is 6.52. The van der Waals surface area contributed by atoms with E-state index in [1.807, 2.05) is 6.92 Å². The largest absolute Gasteiger partial charge is 0.507 e. The summed E-state index contributed by atoms with van der Waals surface area (Å²) in [5.41, 5.74) is 0.403. The van der Waals surface area contributed by atoms with Gasteiger partial charge in [-0.25, -0.2) is 0 Å². The number of halogens is 1. The third kappa shape index (κ3) is 4.78. The van der Waals surface area contributed by atoms with E-state index in [1.54, 1.807) is 18.4 Å². The van der Waals surface area contributed by atoms with Crippen LogP contribution in [0.4, 0.5) is 0 Å². The highest BCUT2D eigenvalue weighted by atomic mass is 79.9. The molecule has 2 N–H and O–H groups in total. The highest BCUT2D eigenvalue weighted by Gasteiger charge is 2.11. The minimum atomic E-state index is -0.850. The van der Waals surface area contributed by atoms with Gasteiger partial charge in [0.05, 0.1) is 4.47 Å². The van der Waals surface area contributed by atoms with Crippen molar-refractivity contribution in [1.82, 2.24) is 5.32 Å². The summed E-state index contributed by atoms with van der Waals surface area (Å²) in [5.74, 6) is 0.352. The summed E-state index contributed by atoms with van der Waals surface area (Å²) in [6, 6.07) is 4.61. The Bertz CT molecular complexity index is 465. The molecule has 18 heavy (non-hydrogen) atoms. The molecule has 0 aliphatic carbocycles. The molecule has 0 bridgehead atoms. The lowest BCUT2D eigenvalue weighted by molar-refractivity contribution is 0.0939. The van der Waals surface area contributed by atoms with Crippen molar-refractivity contribution in [2.45, 2.75) is 19.4 Å².